The van der Waals surface area contributed by atoms with Crippen LogP contribution in [0.3, 0.4) is 0 Å². The van der Waals surface area contributed by atoms with Crippen molar-refractivity contribution in [2.75, 3.05) is 5.73 Å². The molecule has 0 bridgehead atoms. The molecule has 6 heteroatoms. The number of hydrogen-bond acceptors (Lipinski definition) is 3. The number of hydrogen-bond donors (Lipinski definition) is 3. The fraction of sp³-hybridized carbons (Fsp3) is 0.538. The van der Waals surface area contributed by atoms with E-state index in [4.69, 9.17) is 5.73 Å². The number of aliphatic hydroxyl groups excluding tert-OH is 1. The van der Waals surface area contributed by atoms with Crippen molar-refractivity contribution in [2.45, 2.75) is 44.4 Å². The Bertz CT molecular complexity index is 445. The Hall–Kier alpha value is -0.910. The quantitative estimate of drug-likeness (QED) is 0.734. The molecule has 0 aliphatic carbocycles. The Morgan fingerprint density at radius 2 is 1.89 bits per heavy atom. The number of aliphatic hydroxyl groups is 1. The van der Waals surface area contributed by atoms with E-state index in [0.717, 1.165) is 25.0 Å². The molecule has 108 valence electrons. The minimum Gasteiger partial charge on any atom is -0.394 e. The van der Waals surface area contributed by atoms with Crippen LogP contribution in [0.4, 0.5) is 14.5 Å². The molecule has 1 heterocycles. The third-order valence-corrected chi connectivity index (χ3v) is 3.48. The Kier molecular flexibility index (Phi) is 4.76. The second kappa shape index (κ2) is 5.61. The summed E-state index contributed by atoms with van der Waals surface area (Å²) in [4.78, 5) is 0. The van der Waals surface area contributed by atoms with Crippen LogP contribution < -0.4 is 11.1 Å². The summed E-state index contributed by atoms with van der Waals surface area (Å²) in [7, 11) is 0. The van der Waals surface area contributed by atoms with Gasteiger partial charge in [-0.2, -0.15) is 0 Å². The molecule has 3 nitrogen and oxygen atoms in total. The summed E-state index contributed by atoms with van der Waals surface area (Å²) in [6.07, 6.45) is 0.743. The summed E-state index contributed by atoms with van der Waals surface area (Å²) in [5.74, 6) is -1.66. The van der Waals surface area contributed by atoms with Crippen LogP contribution in [0.1, 0.15) is 38.4 Å². The lowest BCUT2D eigenvalue weighted by Crippen LogP contribution is -2.40. The van der Waals surface area contributed by atoms with Gasteiger partial charge < -0.3 is 16.2 Å². The van der Waals surface area contributed by atoms with E-state index in [-0.39, 0.29) is 29.6 Å². The molecule has 1 aliphatic heterocycles. The van der Waals surface area contributed by atoms with Gasteiger partial charge in [0.2, 0.25) is 0 Å². The first-order valence-corrected chi connectivity index (χ1v) is 6.00. The fourth-order valence-electron chi connectivity index (χ4n) is 2.41. The van der Waals surface area contributed by atoms with Gasteiger partial charge in [0.1, 0.15) is 17.3 Å². The van der Waals surface area contributed by atoms with Gasteiger partial charge >= 0.3 is 0 Å². The predicted octanol–water partition coefficient (Wildman–Crippen LogP) is 2.53. The number of halogens is 3. The van der Waals surface area contributed by atoms with Gasteiger partial charge in [0, 0.05) is 11.6 Å². The molecule has 0 saturated carbocycles. The summed E-state index contributed by atoms with van der Waals surface area (Å²) < 4.78 is 26.7. The molecule has 1 aromatic carbocycles. The SMILES string of the molecule is CC1(C)CC[C@H]([C@H](O)c2cc(F)c(N)c(F)c2)N1.Cl. The molecule has 0 unspecified atom stereocenters. The Morgan fingerprint density at radius 1 is 1.37 bits per heavy atom. The lowest BCUT2D eigenvalue weighted by atomic mass is 9.99. The van der Waals surface area contributed by atoms with Gasteiger partial charge in [-0.05, 0) is 44.4 Å². The largest absolute Gasteiger partial charge is 0.394 e. The average molecular weight is 293 g/mol. The zero-order valence-electron chi connectivity index (χ0n) is 10.9. The van der Waals surface area contributed by atoms with Crippen molar-refractivity contribution in [1.29, 1.82) is 0 Å². The van der Waals surface area contributed by atoms with E-state index >= 15 is 0 Å². The van der Waals surface area contributed by atoms with Crippen LogP contribution in [0.5, 0.6) is 0 Å². The number of benzene rings is 1. The number of nitrogen functional groups attached to an aromatic ring is 1. The first-order valence-electron chi connectivity index (χ1n) is 6.00. The van der Waals surface area contributed by atoms with Crippen LogP contribution >= 0.6 is 12.4 Å². The summed E-state index contributed by atoms with van der Waals surface area (Å²) in [5, 5.41) is 13.4. The van der Waals surface area contributed by atoms with E-state index in [1.807, 2.05) is 13.8 Å². The molecule has 0 aromatic heterocycles. The summed E-state index contributed by atoms with van der Waals surface area (Å²) in [5.41, 5.74) is 4.85. The van der Waals surface area contributed by atoms with Crippen LogP contribution in [0, 0.1) is 11.6 Å². The lowest BCUT2D eigenvalue weighted by molar-refractivity contribution is 0.131. The van der Waals surface area contributed by atoms with Crippen LogP contribution in [0.15, 0.2) is 12.1 Å². The van der Waals surface area contributed by atoms with E-state index in [1.165, 1.54) is 0 Å². The van der Waals surface area contributed by atoms with Crippen molar-refractivity contribution < 1.29 is 13.9 Å². The van der Waals surface area contributed by atoms with Crippen molar-refractivity contribution in [3.8, 4) is 0 Å². The topological polar surface area (TPSA) is 58.3 Å². The molecule has 1 fully saturated rings. The van der Waals surface area contributed by atoms with E-state index in [9.17, 15) is 13.9 Å². The zero-order chi connectivity index (χ0) is 13.5. The summed E-state index contributed by atoms with van der Waals surface area (Å²) in [6, 6.07) is 1.99. The standard InChI is InChI=1S/C13H18F2N2O.ClH/c1-13(2)4-3-10(17-13)12(18)7-5-8(14)11(16)9(15)6-7;/h5-6,10,12,17-18H,3-4,16H2,1-2H3;1H/t10-,12-;/m1./s1. The molecule has 0 spiro atoms. The molecular formula is C13H19ClF2N2O. The molecule has 1 aromatic rings. The number of anilines is 1. The molecule has 1 saturated heterocycles. The maximum absolute atomic E-state index is 13.3. The lowest BCUT2D eigenvalue weighted by Gasteiger charge is -2.24. The van der Waals surface area contributed by atoms with Crippen molar-refractivity contribution in [3.63, 3.8) is 0 Å². The number of nitrogens with two attached hydrogens (primary N) is 1. The minimum atomic E-state index is -0.934. The van der Waals surface area contributed by atoms with E-state index in [0.29, 0.717) is 0 Å². The van der Waals surface area contributed by atoms with Crippen molar-refractivity contribution in [3.05, 3.63) is 29.3 Å². The summed E-state index contributed by atoms with van der Waals surface area (Å²) >= 11 is 0. The monoisotopic (exact) mass is 292 g/mol. The van der Waals surface area contributed by atoms with Crippen molar-refractivity contribution in [1.82, 2.24) is 5.32 Å². The Labute approximate surface area is 117 Å². The highest BCUT2D eigenvalue weighted by Gasteiger charge is 2.34. The van der Waals surface area contributed by atoms with Crippen molar-refractivity contribution in [2.24, 2.45) is 0 Å². The van der Waals surface area contributed by atoms with Crippen LogP contribution in [-0.4, -0.2) is 16.7 Å². The Morgan fingerprint density at radius 3 is 2.32 bits per heavy atom. The molecule has 2 rings (SSSR count). The highest BCUT2D eigenvalue weighted by atomic mass is 35.5. The second-order valence-corrected chi connectivity index (χ2v) is 5.52. The number of rotatable bonds is 2. The maximum atomic E-state index is 13.3. The normalized spacial score (nSPS) is 22.9. The fourth-order valence-corrected chi connectivity index (χ4v) is 2.41. The molecule has 0 amide bonds. The van der Waals surface area contributed by atoms with Gasteiger partial charge in [0.25, 0.3) is 0 Å². The van der Waals surface area contributed by atoms with Gasteiger partial charge in [-0.15, -0.1) is 12.4 Å². The predicted molar refractivity (Wildman–Crippen MR) is 73.2 cm³/mol. The Balaban J connectivity index is 0.00000180. The van der Waals surface area contributed by atoms with E-state index in [2.05, 4.69) is 5.32 Å². The smallest absolute Gasteiger partial charge is 0.149 e. The van der Waals surface area contributed by atoms with Crippen molar-refractivity contribution >= 4 is 18.1 Å². The van der Waals surface area contributed by atoms with E-state index in [1.54, 1.807) is 0 Å². The minimum absolute atomic E-state index is 0. The van der Waals surface area contributed by atoms with Gasteiger partial charge in [-0.1, -0.05) is 0 Å². The van der Waals surface area contributed by atoms with Crippen LogP contribution in [0.25, 0.3) is 0 Å². The van der Waals surface area contributed by atoms with Gasteiger partial charge in [-0.3, -0.25) is 0 Å². The second-order valence-electron chi connectivity index (χ2n) is 5.52. The highest BCUT2D eigenvalue weighted by molar-refractivity contribution is 5.85. The van der Waals surface area contributed by atoms with Gasteiger partial charge in [0.05, 0.1) is 6.10 Å². The van der Waals surface area contributed by atoms with Gasteiger partial charge in [0.15, 0.2) is 0 Å². The maximum Gasteiger partial charge on any atom is 0.149 e. The first-order chi connectivity index (χ1) is 8.30. The van der Waals surface area contributed by atoms with Crippen LogP contribution in [-0.2, 0) is 0 Å². The first kappa shape index (κ1) is 16.1. The molecule has 2 atom stereocenters. The van der Waals surface area contributed by atoms with Gasteiger partial charge in [-0.25, -0.2) is 8.78 Å². The molecule has 19 heavy (non-hydrogen) atoms. The zero-order valence-corrected chi connectivity index (χ0v) is 11.7. The molecule has 1 aliphatic rings. The highest BCUT2D eigenvalue weighted by Crippen LogP contribution is 2.31. The van der Waals surface area contributed by atoms with Crippen LogP contribution in [0.2, 0.25) is 0 Å². The third-order valence-electron chi connectivity index (χ3n) is 3.48. The number of nitrogens with one attached hydrogen (secondary N) is 1. The summed E-state index contributed by atoms with van der Waals surface area (Å²) in [6.45, 7) is 4.06. The van der Waals surface area contributed by atoms with E-state index < -0.39 is 23.4 Å². The molecular weight excluding hydrogens is 274 g/mol. The average Bonchev–Trinajstić information content (AvgIpc) is 2.65. The third kappa shape index (κ3) is 3.35. The molecule has 4 N–H and O–H groups in total. The molecule has 0 radical (unpaired) electrons.